The van der Waals surface area contributed by atoms with E-state index in [4.69, 9.17) is 5.11 Å². The number of carbonyl (C=O) groups excluding carboxylic acids is 1. The van der Waals surface area contributed by atoms with Crippen LogP contribution in [0.1, 0.15) is 5.56 Å². The lowest BCUT2D eigenvalue weighted by molar-refractivity contribution is -0.136. The van der Waals surface area contributed by atoms with E-state index in [9.17, 15) is 14.0 Å². The third-order valence-corrected chi connectivity index (χ3v) is 3.00. The van der Waals surface area contributed by atoms with E-state index in [1.54, 1.807) is 14.1 Å². The third-order valence-electron chi connectivity index (χ3n) is 1.91. The Kier molecular flexibility index (Phi) is 4.51. The molecule has 1 amide bonds. The molecule has 0 aliphatic carbocycles. The van der Waals surface area contributed by atoms with Crippen LogP contribution in [0.25, 0.3) is 0 Å². The summed E-state index contributed by atoms with van der Waals surface area (Å²) in [5, 5.41) is 8.27. The molecule has 1 rings (SSSR count). The Hall–Kier alpha value is -1.56. The Balaban J connectivity index is 2.83. The van der Waals surface area contributed by atoms with Gasteiger partial charge in [0.05, 0.1) is 11.3 Å². The Morgan fingerprint density at radius 1 is 1.41 bits per heavy atom. The number of aliphatic carboxylic acids is 1. The quantitative estimate of drug-likeness (QED) is 0.844. The standard InChI is InChI=1S/C11H12FNO3S/c1-13(2)11(16)17-9-4-3-7(5-8(9)12)6-10(14)15/h3-5H,6H2,1-2H3,(H,14,15). The van der Waals surface area contributed by atoms with Gasteiger partial charge in [0.25, 0.3) is 5.24 Å². The number of rotatable bonds is 3. The molecule has 0 aliphatic heterocycles. The lowest BCUT2D eigenvalue weighted by Gasteiger charge is -2.09. The molecule has 1 N–H and O–H groups in total. The van der Waals surface area contributed by atoms with Crippen molar-refractivity contribution in [1.29, 1.82) is 0 Å². The van der Waals surface area contributed by atoms with Crippen LogP contribution in [-0.2, 0) is 11.2 Å². The largest absolute Gasteiger partial charge is 0.481 e. The normalized spacial score (nSPS) is 10.1. The van der Waals surface area contributed by atoms with Gasteiger partial charge in [0.1, 0.15) is 5.82 Å². The van der Waals surface area contributed by atoms with Gasteiger partial charge >= 0.3 is 5.97 Å². The van der Waals surface area contributed by atoms with Crippen LogP contribution in [0.2, 0.25) is 0 Å². The molecule has 0 saturated heterocycles. The van der Waals surface area contributed by atoms with E-state index in [1.807, 2.05) is 0 Å². The van der Waals surface area contributed by atoms with Gasteiger partial charge in [-0.1, -0.05) is 6.07 Å². The van der Waals surface area contributed by atoms with Crippen LogP contribution in [-0.4, -0.2) is 35.3 Å². The number of hydrogen-bond donors (Lipinski definition) is 1. The van der Waals surface area contributed by atoms with E-state index in [2.05, 4.69) is 0 Å². The maximum atomic E-state index is 13.5. The van der Waals surface area contributed by atoms with Crippen LogP contribution in [0, 0.1) is 5.82 Å². The van der Waals surface area contributed by atoms with Crippen molar-refractivity contribution in [3.05, 3.63) is 29.6 Å². The lowest BCUT2D eigenvalue weighted by Crippen LogP contribution is -2.16. The fourth-order valence-electron chi connectivity index (χ4n) is 1.10. The van der Waals surface area contributed by atoms with Crippen LogP contribution in [0.15, 0.2) is 23.1 Å². The molecule has 0 aliphatic rings. The van der Waals surface area contributed by atoms with Gasteiger partial charge in [-0.15, -0.1) is 0 Å². The number of carboxylic acids is 1. The summed E-state index contributed by atoms with van der Waals surface area (Å²) in [6.45, 7) is 0. The summed E-state index contributed by atoms with van der Waals surface area (Å²) in [4.78, 5) is 23.3. The summed E-state index contributed by atoms with van der Waals surface area (Å²) in [6.07, 6.45) is -0.233. The first-order valence-corrected chi connectivity index (χ1v) is 5.61. The number of nitrogens with zero attached hydrogens (tertiary/aromatic N) is 1. The molecule has 0 aromatic heterocycles. The lowest BCUT2D eigenvalue weighted by atomic mass is 10.1. The van der Waals surface area contributed by atoms with Crippen LogP contribution >= 0.6 is 11.8 Å². The second-order valence-electron chi connectivity index (χ2n) is 3.60. The molecular formula is C11H12FNO3S. The predicted molar refractivity (Wildman–Crippen MR) is 62.7 cm³/mol. The summed E-state index contributed by atoms with van der Waals surface area (Å²) in [7, 11) is 3.15. The number of thioether (sulfide) groups is 1. The SMILES string of the molecule is CN(C)C(=O)Sc1ccc(CC(=O)O)cc1F. The van der Waals surface area contributed by atoms with Crippen molar-refractivity contribution >= 4 is 23.0 Å². The van der Waals surface area contributed by atoms with Crippen molar-refractivity contribution in [2.75, 3.05) is 14.1 Å². The molecule has 0 fully saturated rings. The number of carboxylic acid groups (broad SMARTS) is 1. The Morgan fingerprint density at radius 2 is 2.06 bits per heavy atom. The molecule has 0 radical (unpaired) electrons. The van der Waals surface area contributed by atoms with Gasteiger partial charge in [-0.05, 0) is 29.5 Å². The maximum Gasteiger partial charge on any atom is 0.307 e. The van der Waals surface area contributed by atoms with Gasteiger partial charge in [0.2, 0.25) is 0 Å². The zero-order valence-electron chi connectivity index (χ0n) is 9.44. The van der Waals surface area contributed by atoms with Crippen molar-refractivity contribution in [3.8, 4) is 0 Å². The zero-order valence-corrected chi connectivity index (χ0v) is 10.3. The molecule has 0 unspecified atom stereocenters. The highest BCUT2D eigenvalue weighted by atomic mass is 32.2. The smallest absolute Gasteiger partial charge is 0.307 e. The minimum absolute atomic E-state index is 0.192. The minimum Gasteiger partial charge on any atom is -0.481 e. The number of halogens is 1. The number of benzene rings is 1. The van der Waals surface area contributed by atoms with Crippen molar-refractivity contribution in [3.63, 3.8) is 0 Å². The summed E-state index contributed by atoms with van der Waals surface area (Å²) in [5.41, 5.74) is 0.372. The first kappa shape index (κ1) is 13.5. The molecule has 0 saturated carbocycles. The van der Waals surface area contributed by atoms with E-state index in [1.165, 1.54) is 17.0 Å². The van der Waals surface area contributed by atoms with Gasteiger partial charge in [-0.25, -0.2) is 4.39 Å². The highest BCUT2D eigenvalue weighted by molar-refractivity contribution is 8.13. The maximum absolute atomic E-state index is 13.5. The van der Waals surface area contributed by atoms with E-state index in [0.29, 0.717) is 5.56 Å². The predicted octanol–water partition coefficient (Wildman–Crippen LogP) is 2.23. The molecular weight excluding hydrogens is 245 g/mol. The van der Waals surface area contributed by atoms with Gasteiger partial charge in [-0.3, -0.25) is 9.59 Å². The van der Waals surface area contributed by atoms with Crippen molar-refractivity contribution < 1.29 is 19.1 Å². The molecule has 17 heavy (non-hydrogen) atoms. The molecule has 0 bridgehead atoms. The van der Waals surface area contributed by atoms with E-state index in [-0.39, 0.29) is 16.6 Å². The molecule has 6 heteroatoms. The van der Waals surface area contributed by atoms with E-state index in [0.717, 1.165) is 17.8 Å². The highest BCUT2D eigenvalue weighted by Gasteiger charge is 2.12. The summed E-state index contributed by atoms with van der Waals surface area (Å²) >= 11 is 0.770. The minimum atomic E-state index is -1.02. The van der Waals surface area contributed by atoms with Gasteiger partial charge < -0.3 is 10.0 Å². The number of amides is 1. The Morgan fingerprint density at radius 3 is 2.53 bits per heavy atom. The average molecular weight is 257 g/mol. The molecule has 92 valence electrons. The summed E-state index contributed by atoms with van der Waals surface area (Å²) in [5.74, 6) is -1.60. The number of hydrogen-bond acceptors (Lipinski definition) is 3. The Labute approximate surface area is 102 Å². The molecule has 0 heterocycles. The van der Waals surface area contributed by atoms with Gasteiger partial charge in [0, 0.05) is 14.1 Å². The van der Waals surface area contributed by atoms with Crippen LogP contribution < -0.4 is 0 Å². The second-order valence-corrected chi connectivity index (χ2v) is 4.59. The van der Waals surface area contributed by atoms with Crippen molar-refractivity contribution in [2.24, 2.45) is 0 Å². The monoisotopic (exact) mass is 257 g/mol. The van der Waals surface area contributed by atoms with Crippen molar-refractivity contribution in [1.82, 2.24) is 4.90 Å². The fourth-order valence-corrected chi connectivity index (χ4v) is 1.76. The molecule has 4 nitrogen and oxygen atoms in total. The van der Waals surface area contributed by atoms with Crippen molar-refractivity contribution in [2.45, 2.75) is 11.3 Å². The molecule has 1 aromatic carbocycles. The molecule has 0 spiro atoms. The van der Waals surface area contributed by atoms with Gasteiger partial charge in [0.15, 0.2) is 0 Å². The number of carbonyl (C=O) groups is 2. The Bertz CT molecular complexity index is 448. The first-order chi connectivity index (χ1) is 7.90. The second kappa shape index (κ2) is 5.67. The van der Waals surface area contributed by atoms with Crippen LogP contribution in [0.4, 0.5) is 9.18 Å². The highest BCUT2D eigenvalue weighted by Crippen LogP contribution is 2.24. The topological polar surface area (TPSA) is 57.6 Å². The molecule has 0 atom stereocenters. The van der Waals surface area contributed by atoms with E-state index >= 15 is 0 Å². The average Bonchev–Trinajstić information content (AvgIpc) is 2.20. The van der Waals surface area contributed by atoms with Gasteiger partial charge in [-0.2, -0.15) is 0 Å². The summed E-state index contributed by atoms with van der Waals surface area (Å²) < 4.78 is 13.5. The van der Waals surface area contributed by atoms with E-state index < -0.39 is 11.8 Å². The van der Waals surface area contributed by atoms with Crippen LogP contribution in [0.5, 0.6) is 0 Å². The summed E-state index contributed by atoms with van der Waals surface area (Å²) in [6, 6.07) is 4.06. The molecule has 1 aromatic rings. The first-order valence-electron chi connectivity index (χ1n) is 4.79. The third kappa shape index (κ3) is 4.07. The fraction of sp³-hybridized carbons (Fsp3) is 0.273. The van der Waals surface area contributed by atoms with Crippen LogP contribution in [0.3, 0.4) is 0 Å². The zero-order chi connectivity index (χ0) is 13.0.